The molecule has 0 aliphatic heterocycles. The molecule has 1 heterocycles. The summed E-state index contributed by atoms with van der Waals surface area (Å²) >= 11 is 1.02. The monoisotopic (exact) mass is 195 g/mol. The average Bonchev–Trinajstić information content (AvgIpc) is 2.51. The molecule has 0 bridgehead atoms. The van der Waals surface area contributed by atoms with E-state index in [1.54, 1.807) is 12.1 Å². The topological polar surface area (TPSA) is 51.8 Å². The van der Waals surface area contributed by atoms with Gasteiger partial charge in [-0.15, -0.1) is 0 Å². The standard InChI is InChI=1S/C8H6FN3S/c9-6-3-1-2-5(4-6)7-8(10)12-13-11-7/h1-4H,(H2,10,12). The van der Waals surface area contributed by atoms with Crippen LogP contribution in [0.1, 0.15) is 0 Å². The number of anilines is 1. The lowest BCUT2D eigenvalue weighted by atomic mass is 10.1. The lowest BCUT2D eigenvalue weighted by Gasteiger charge is -1.96. The first-order chi connectivity index (χ1) is 6.27. The lowest BCUT2D eigenvalue weighted by Crippen LogP contribution is -1.88. The second-order valence-electron chi connectivity index (χ2n) is 2.51. The van der Waals surface area contributed by atoms with E-state index in [9.17, 15) is 4.39 Å². The summed E-state index contributed by atoms with van der Waals surface area (Å²) in [6.07, 6.45) is 0. The quantitative estimate of drug-likeness (QED) is 0.756. The number of hydrogen-bond donors (Lipinski definition) is 1. The second-order valence-corrected chi connectivity index (χ2v) is 3.04. The van der Waals surface area contributed by atoms with Crippen molar-refractivity contribution in [2.75, 3.05) is 5.73 Å². The summed E-state index contributed by atoms with van der Waals surface area (Å²) in [5, 5.41) is 0. The third-order valence-electron chi connectivity index (χ3n) is 1.61. The van der Waals surface area contributed by atoms with Crippen LogP contribution in [0, 0.1) is 5.82 Å². The van der Waals surface area contributed by atoms with Gasteiger partial charge in [0.25, 0.3) is 0 Å². The Morgan fingerprint density at radius 1 is 1.31 bits per heavy atom. The normalized spacial score (nSPS) is 10.2. The predicted molar refractivity (Wildman–Crippen MR) is 49.7 cm³/mol. The van der Waals surface area contributed by atoms with Crippen molar-refractivity contribution >= 4 is 17.5 Å². The zero-order chi connectivity index (χ0) is 9.26. The van der Waals surface area contributed by atoms with Crippen LogP contribution >= 0.6 is 11.7 Å². The first-order valence-corrected chi connectivity index (χ1v) is 4.34. The molecule has 0 saturated heterocycles. The number of halogens is 1. The van der Waals surface area contributed by atoms with Gasteiger partial charge < -0.3 is 5.73 Å². The van der Waals surface area contributed by atoms with Crippen molar-refractivity contribution in [3.05, 3.63) is 30.1 Å². The van der Waals surface area contributed by atoms with Gasteiger partial charge in [0, 0.05) is 5.56 Å². The highest BCUT2D eigenvalue weighted by molar-refractivity contribution is 6.99. The number of aromatic nitrogens is 2. The summed E-state index contributed by atoms with van der Waals surface area (Å²) in [6.45, 7) is 0. The fourth-order valence-corrected chi connectivity index (χ4v) is 1.53. The Hall–Kier alpha value is -1.49. The van der Waals surface area contributed by atoms with Crippen molar-refractivity contribution in [3.63, 3.8) is 0 Å². The minimum Gasteiger partial charge on any atom is -0.381 e. The molecule has 0 spiro atoms. The van der Waals surface area contributed by atoms with Crippen molar-refractivity contribution in [2.24, 2.45) is 0 Å². The zero-order valence-corrected chi connectivity index (χ0v) is 7.38. The van der Waals surface area contributed by atoms with Gasteiger partial charge in [-0.1, -0.05) is 12.1 Å². The molecule has 0 fully saturated rings. The van der Waals surface area contributed by atoms with E-state index >= 15 is 0 Å². The first-order valence-electron chi connectivity index (χ1n) is 3.61. The van der Waals surface area contributed by atoms with E-state index in [2.05, 4.69) is 8.75 Å². The van der Waals surface area contributed by atoms with Crippen molar-refractivity contribution in [3.8, 4) is 11.3 Å². The summed E-state index contributed by atoms with van der Waals surface area (Å²) in [5.41, 5.74) is 6.74. The molecule has 1 aromatic heterocycles. The Balaban J connectivity index is 2.53. The number of benzene rings is 1. The van der Waals surface area contributed by atoms with Crippen LogP contribution in [0.4, 0.5) is 10.2 Å². The zero-order valence-electron chi connectivity index (χ0n) is 6.57. The molecule has 0 saturated carbocycles. The minimum absolute atomic E-state index is 0.301. The Labute approximate surface area is 78.4 Å². The molecule has 2 rings (SSSR count). The molecule has 2 N–H and O–H groups in total. The molecule has 2 aromatic rings. The molecular formula is C8H6FN3S. The highest BCUT2D eigenvalue weighted by atomic mass is 32.1. The summed E-state index contributed by atoms with van der Waals surface area (Å²) in [4.78, 5) is 0. The minimum atomic E-state index is -0.301. The van der Waals surface area contributed by atoms with E-state index in [-0.39, 0.29) is 5.82 Å². The Bertz CT molecular complexity index is 427. The van der Waals surface area contributed by atoms with E-state index in [1.165, 1.54) is 12.1 Å². The number of hydrogen-bond acceptors (Lipinski definition) is 4. The summed E-state index contributed by atoms with van der Waals surface area (Å²) in [7, 11) is 0. The lowest BCUT2D eigenvalue weighted by molar-refractivity contribution is 0.628. The summed E-state index contributed by atoms with van der Waals surface area (Å²) in [5.74, 6) is 0.0421. The second kappa shape index (κ2) is 3.10. The van der Waals surface area contributed by atoms with Gasteiger partial charge in [0.05, 0.1) is 11.7 Å². The number of nitrogen functional groups attached to an aromatic ring is 1. The fraction of sp³-hybridized carbons (Fsp3) is 0. The van der Waals surface area contributed by atoms with E-state index in [0.29, 0.717) is 17.1 Å². The molecule has 0 aliphatic carbocycles. The van der Waals surface area contributed by atoms with Gasteiger partial charge in [-0.25, -0.2) is 4.39 Å². The highest BCUT2D eigenvalue weighted by Crippen LogP contribution is 2.23. The van der Waals surface area contributed by atoms with Crippen LogP contribution in [0.15, 0.2) is 24.3 Å². The van der Waals surface area contributed by atoms with Crippen LogP contribution in [-0.4, -0.2) is 8.75 Å². The molecule has 0 radical (unpaired) electrons. The fourth-order valence-electron chi connectivity index (χ4n) is 1.03. The molecule has 66 valence electrons. The Morgan fingerprint density at radius 3 is 2.77 bits per heavy atom. The van der Waals surface area contributed by atoms with Crippen LogP contribution < -0.4 is 5.73 Å². The SMILES string of the molecule is Nc1nsnc1-c1cccc(F)c1. The van der Waals surface area contributed by atoms with Crippen molar-refractivity contribution < 1.29 is 4.39 Å². The number of rotatable bonds is 1. The molecule has 0 amide bonds. The molecule has 0 atom stereocenters. The average molecular weight is 195 g/mol. The van der Waals surface area contributed by atoms with Crippen LogP contribution in [-0.2, 0) is 0 Å². The van der Waals surface area contributed by atoms with E-state index in [1.807, 2.05) is 0 Å². The molecule has 0 unspecified atom stereocenters. The number of nitrogens with zero attached hydrogens (tertiary/aromatic N) is 2. The largest absolute Gasteiger partial charge is 0.381 e. The molecule has 5 heteroatoms. The van der Waals surface area contributed by atoms with Gasteiger partial charge >= 0.3 is 0 Å². The van der Waals surface area contributed by atoms with Crippen LogP contribution in [0.5, 0.6) is 0 Å². The van der Waals surface area contributed by atoms with Crippen molar-refractivity contribution in [1.29, 1.82) is 0 Å². The van der Waals surface area contributed by atoms with Crippen LogP contribution in [0.2, 0.25) is 0 Å². The van der Waals surface area contributed by atoms with Crippen LogP contribution in [0.25, 0.3) is 11.3 Å². The third-order valence-corrected chi connectivity index (χ3v) is 2.15. The van der Waals surface area contributed by atoms with Gasteiger partial charge in [0.15, 0.2) is 5.82 Å². The maximum atomic E-state index is 12.8. The molecule has 3 nitrogen and oxygen atoms in total. The van der Waals surface area contributed by atoms with Crippen molar-refractivity contribution in [2.45, 2.75) is 0 Å². The highest BCUT2D eigenvalue weighted by Gasteiger charge is 2.06. The van der Waals surface area contributed by atoms with Gasteiger partial charge in [-0.2, -0.15) is 8.75 Å². The van der Waals surface area contributed by atoms with Gasteiger partial charge in [-0.3, -0.25) is 0 Å². The molecule has 13 heavy (non-hydrogen) atoms. The van der Waals surface area contributed by atoms with Crippen molar-refractivity contribution in [1.82, 2.24) is 8.75 Å². The maximum Gasteiger partial charge on any atom is 0.165 e. The van der Waals surface area contributed by atoms with E-state index < -0.39 is 0 Å². The first kappa shape index (κ1) is 8.12. The molecule has 0 aliphatic rings. The number of nitrogens with two attached hydrogens (primary N) is 1. The summed E-state index contributed by atoms with van der Waals surface area (Å²) in [6, 6.07) is 6.12. The van der Waals surface area contributed by atoms with Crippen LogP contribution in [0.3, 0.4) is 0 Å². The molecular weight excluding hydrogens is 189 g/mol. The van der Waals surface area contributed by atoms with E-state index in [4.69, 9.17) is 5.73 Å². The van der Waals surface area contributed by atoms with Gasteiger partial charge in [-0.05, 0) is 12.1 Å². The Kier molecular flexibility index (Phi) is 1.94. The van der Waals surface area contributed by atoms with E-state index in [0.717, 1.165) is 11.7 Å². The van der Waals surface area contributed by atoms with Gasteiger partial charge in [0.1, 0.15) is 11.5 Å². The van der Waals surface area contributed by atoms with Gasteiger partial charge in [0.2, 0.25) is 0 Å². The predicted octanol–water partition coefficient (Wildman–Crippen LogP) is 1.93. The smallest absolute Gasteiger partial charge is 0.165 e. The summed E-state index contributed by atoms with van der Waals surface area (Å²) < 4.78 is 20.6. The molecule has 1 aromatic carbocycles. The third kappa shape index (κ3) is 1.50. The maximum absolute atomic E-state index is 12.8. The Morgan fingerprint density at radius 2 is 2.15 bits per heavy atom.